The number of carbonyl (C=O) groups is 3. The van der Waals surface area contributed by atoms with E-state index >= 15 is 0 Å². The normalized spacial score (nSPS) is 12.5. The topological polar surface area (TPSA) is 144 Å². The minimum Gasteiger partial charge on any atom is -0.369 e. The molecule has 0 aromatic heterocycles. The molecule has 4 N–H and O–H groups in total. The minimum absolute atomic E-state index is 0.0372. The number of hydrogen-bond acceptors (Lipinski definition) is 5. The fraction of sp³-hybridized carbons (Fsp3) is 0.250. The van der Waals surface area contributed by atoms with Crippen LogP contribution in [0, 0.1) is 21.8 Å². The summed E-state index contributed by atoms with van der Waals surface area (Å²) in [5.74, 6) is -2.97. The van der Waals surface area contributed by atoms with Crippen molar-refractivity contribution in [2.45, 2.75) is 19.4 Å². The Morgan fingerprint density at radius 2 is 1.83 bits per heavy atom. The van der Waals surface area contributed by atoms with Gasteiger partial charge in [0.1, 0.15) is 11.9 Å². The number of rotatable bonds is 9. The largest absolute Gasteiger partial charge is 0.369 e. The number of carbonyl (C=O) groups excluding carboxylic acids is 3. The summed E-state index contributed by atoms with van der Waals surface area (Å²) in [6.45, 7) is 1.37. The molecule has 0 saturated heterocycles. The Balaban J connectivity index is 1.92. The number of primary amides is 1. The van der Waals surface area contributed by atoms with Gasteiger partial charge in [-0.15, -0.1) is 0 Å². The lowest BCUT2D eigenvalue weighted by Crippen LogP contribution is -2.47. The predicted molar refractivity (Wildman–Crippen MR) is 106 cm³/mol. The lowest BCUT2D eigenvalue weighted by atomic mass is 9.98. The fourth-order valence-corrected chi connectivity index (χ4v) is 2.66. The first-order chi connectivity index (χ1) is 14.2. The van der Waals surface area contributed by atoms with Crippen molar-refractivity contribution in [3.8, 4) is 0 Å². The van der Waals surface area contributed by atoms with Crippen LogP contribution in [0.5, 0.6) is 0 Å². The summed E-state index contributed by atoms with van der Waals surface area (Å²) in [6, 6.07) is 9.71. The van der Waals surface area contributed by atoms with Gasteiger partial charge in [-0.1, -0.05) is 18.2 Å². The molecule has 10 heteroatoms. The van der Waals surface area contributed by atoms with E-state index in [1.54, 1.807) is 0 Å². The minimum atomic E-state index is -0.962. The van der Waals surface area contributed by atoms with Gasteiger partial charge in [0.05, 0.1) is 10.8 Å². The van der Waals surface area contributed by atoms with Crippen molar-refractivity contribution in [1.82, 2.24) is 10.6 Å². The molecular formula is C20H21FN4O5. The van der Waals surface area contributed by atoms with Gasteiger partial charge in [-0.3, -0.25) is 24.5 Å². The maximum absolute atomic E-state index is 13.0. The van der Waals surface area contributed by atoms with Crippen molar-refractivity contribution in [3.63, 3.8) is 0 Å². The van der Waals surface area contributed by atoms with E-state index in [-0.39, 0.29) is 24.2 Å². The second-order valence-electron chi connectivity index (χ2n) is 6.68. The van der Waals surface area contributed by atoms with Crippen molar-refractivity contribution in [2.75, 3.05) is 6.54 Å². The molecule has 158 valence electrons. The molecule has 0 saturated carbocycles. The molecule has 0 fully saturated rings. The van der Waals surface area contributed by atoms with Crippen molar-refractivity contribution in [2.24, 2.45) is 11.7 Å². The number of nitro groups is 1. The third-order valence-electron chi connectivity index (χ3n) is 4.38. The van der Waals surface area contributed by atoms with Crippen LogP contribution < -0.4 is 16.4 Å². The molecule has 2 atom stereocenters. The monoisotopic (exact) mass is 416 g/mol. The Hall–Kier alpha value is -3.82. The van der Waals surface area contributed by atoms with Crippen LogP contribution in [0.25, 0.3) is 0 Å². The van der Waals surface area contributed by atoms with Gasteiger partial charge >= 0.3 is 0 Å². The van der Waals surface area contributed by atoms with Gasteiger partial charge in [0.15, 0.2) is 0 Å². The average Bonchev–Trinajstić information content (AvgIpc) is 2.71. The lowest BCUT2D eigenvalue weighted by molar-refractivity contribution is -0.384. The predicted octanol–water partition coefficient (Wildman–Crippen LogP) is 1.31. The van der Waals surface area contributed by atoms with E-state index in [1.807, 2.05) is 0 Å². The Morgan fingerprint density at radius 3 is 2.43 bits per heavy atom. The van der Waals surface area contributed by atoms with E-state index in [4.69, 9.17) is 5.73 Å². The Kier molecular flexibility index (Phi) is 7.56. The molecule has 2 rings (SSSR count). The van der Waals surface area contributed by atoms with Crippen LogP contribution in [0.4, 0.5) is 10.1 Å². The van der Waals surface area contributed by atoms with Crippen LogP contribution in [0.3, 0.4) is 0 Å². The molecule has 0 heterocycles. The van der Waals surface area contributed by atoms with Crippen molar-refractivity contribution in [3.05, 3.63) is 75.6 Å². The highest BCUT2D eigenvalue weighted by Crippen LogP contribution is 2.13. The zero-order valence-electron chi connectivity index (χ0n) is 16.1. The molecule has 0 bridgehead atoms. The number of halogens is 1. The maximum Gasteiger partial charge on any atom is 0.270 e. The number of benzene rings is 2. The molecule has 0 aliphatic heterocycles. The second-order valence-corrected chi connectivity index (χ2v) is 6.68. The number of nitrogens with one attached hydrogen (secondary N) is 2. The van der Waals surface area contributed by atoms with Gasteiger partial charge in [-0.25, -0.2) is 4.39 Å². The summed E-state index contributed by atoms with van der Waals surface area (Å²) in [5, 5.41) is 15.8. The highest BCUT2D eigenvalue weighted by molar-refractivity contribution is 5.97. The molecule has 0 aliphatic rings. The van der Waals surface area contributed by atoms with E-state index in [0.717, 1.165) is 6.07 Å². The molecule has 2 aromatic rings. The molecule has 0 radical (unpaired) electrons. The highest BCUT2D eigenvalue weighted by atomic mass is 19.1. The zero-order valence-corrected chi connectivity index (χ0v) is 16.1. The van der Waals surface area contributed by atoms with Crippen LogP contribution in [0.2, 0.25) is 0 Å². The summed E-state index contributed by atoms with van der Waals surface area (Å²) >= 11 is 0. The van der Waals surface area contributed by atoms with Crippen LogP contribution >= 0.6 is 0 Å². The summed E-state index contributed by atoms with van der Waals surface area (Å²) < 4.78 is 13.0. The van der Waals surface area contributed by atoms with E-state index in [2.05, 4.69) is 10.6 Å². The summed E-state index contributed by atoms with van der Waals surface area (Å²) in [4.78, 5) is 46.4. The standard InChI is InChI=1S/C20H21FN4O5/c1-12(24-20(28)14-3-2-4-17(10-14)25(29)30)19(27)23-11-15(18(22)26)9-13-5-7-16(21)8-6-13/h2-8,10,12,15H,9,11H2,1H3,(H2,22,26)(H,23,27)(H,24,28). The Morgan fingerprint density at radius 1 is 1.17 bits per heavy atom. The molecule has 0 aliphatic carbocycles. The van der Waals surface area contributed by atoms with Crippen LogP contribution in [-0.2, 0) is 16.0 Å². The number of hydrogen-bond donors (Lipinski definition) is 3. The van der Waals surface area contributed by atoms with Crippen LogP contribution in [-0.4, -0.2) is 35.2 Å². The summed E-state index contributed by atoms with van der Waals surface area (Å²) in [7, 11) is 0. The molecule has 2 aromatic carbocycles. The molecular weight excluding hydrogens is 395 g/mol. The van der Waals surface area contributed by atoms with E-state index in [1.165, 1.54) is 49.4 Å². The number of non-ortho nitro benzene ring substituents is 1. The van der Waals surface area contributed by atoms with Gasteiger partial charge in [-0.05, 0) is 37.1 Å². The molecule has 2 unspecified atom stereocenters. The number of nitrogens with two attached hydrogens (primary N) is 1. The first-order valence-electron chi connectivity index (χ1n) is 9.04. The quantitative estimate of drug-likeness (QED) is 0.417. The van der Waals surface area contributed by atoms with E-state index in [9.17, 15) is 28.9 Å². The first kappa shape index (κ1) is 22.5. The van der Waals surface area contributed by atoms with Gasteiger partial charge in [0.2, 0.25) is 11.8 Å². The number of amides is 3. The smallest absolute Gasteiger partial charge is 0.270 e. The highest BCUT2D eigenvalue weighted by Gasteiger charge is 2.21. The third kappa shape index (κ3) is 6.36. The molecule has 30 heavy (non-hydrogen) atoms. The van der Waals surface area contributed by atoms with E-state index in [0.29, 0.717) is 5.56 Å². The maximum atomic E-state index is 13.0. The molecule has 0 spiro atoms. The van der Waals surface area contributed by atoms with E-state index < -0.39 is 40.4 Å². The van der Waals surface area contributed by atoms with Crippen LogP contribution in [0.15, 0.2) is 48.5 Å². The number of nitro benzene ring substituents is 1. The fourth-order valence-electron chi connectivity index (χ4n) is 2.66. The van der Waals surface area contributed by atoms with Crippen molar-refractivity contribution in [1.29, 1.82) is 0 Å². The SMILES string of the molecule is CC(NC(=O)c1cccc([N+](=O)[O-])c1)C(=O)NCC(Cc1ccc(F)cc1)C(N)=O. The van der Waals surface area contributed by atoms with Gasteiger partial charge in [0.25, 0.3) is 11.6 Å². The Labute approximate surface area is 171 Å². The van der Waals surface area contributed by atoms with Crippen LogP contribution in [0.1, 0.15) is 22.8 Å². The van der Waals surface area contributed by atoms with Crippen molar-refractivity contribution >= 4 is 23.4 Å². The first-order valence-corrected chi connectivity index (χ1v) is 9.04. The lowest BCUT2D eigenvalue weighted by Gasteiger charge is -2.18. The van der Waals surface area contributed by atoms with Gasteiger partial charge < -0.3 is 16.4 Å². The average molecular weight is 416 g/mol. The third-order valence-corrected chi connectivity index (χ3v) is 4.38. The summed E-state index contributed by atoms with van der Waals surface area (Å²) in [6.07, 6.45) is 0.213. The number of nitrogens with zero attached hydrogens (tertiary/aromatic N) is 1. The zero-order chi connectivity index (χ0) is 22.3. The molecule has 9 nitrogen and oxygen atoms in total. The summed E-state index contributed by atoms with van der Waals surface area (Å²) in [5.41, 5.74) is 5.86. The second kappa shape index (κ2) is 10.1. The van der Waals surface area contributed by atoms with Crippen molar-refractivity contribution < 1.29 is 23.7 Å². The molecule has 3 amide bonds. The Bertz CT molecular complexity index is 948. The van der Waals surface area contributed by atoms with Gasteiger partial charge in [-0.2, -0.15) is 0 Å². The van der Waals surface area contributed by atoms with Gasteiger partial charge in [0, 0.05) is 24.2 Å².